The Hall–Kier alpha value is -0.0800. The van der Waals surface area contributed by atoms with Crippen LogP contribution in [0.3, 0.4) is 0 Å². The maximum absolute atomic E-state index is 6.12. The van der Waals surface area contributed by atoms with Crippen molar-refractivity contribution in [3.8, 4) is 0 Å². The predicted molar refractivity (Wildman–Crippen MR) is 78.5 cm³/mol. The largest absolute Gasteiger partial charge is 0.329 e. The molecule has 0 bridgehead atoms. The van der Waals surface area contributed by atoms with Gasteiger partial charge >= 0.3 is 0 Å². The summed E-state index contributed by atoms with van der Waals surface area (Å²) in [5.41, 5.74) is 6.85. The third kappa shape index (κ3) is 3.08. The normalized spacial score (nSPS) is 36.3. The van der Waals surface area contributed by atoms with Crippen molar-refractivity contribution in [1.82, 2.24) is 5.32 Å². The lowest BCUT2D eigenvalue weighted by atomic mass is 9.63. The highest BCUT2D eigenvalue weighted by Crippen LogP contribution is 2.43. The molecule has 2 atom stereocenters. The first-order valence-electron chi connectivity index (χ1n) is 7.93. The topological polar surface area (TPSA) is 38.0 Å². The molecule has 0 saturated heterocycles. The Labute approximate surface area is 113 Å². The van der Waals surface area contributed by atoms with E-state index in [0.29, 0.717) is 11.3 Å². The van der Waals surface area contributed by atoms with Gasteiger partial charge in [-0.1, -0.05) is 40.0 Å². The molecule has 18 heavy (non-hydrogen) atoms. The summed E-state index contributed by atoms with van der Waals surface area (Å²) in [6.07, 6.45) is 9.60. The first kappa shape index (κ1) is 14.3. The van der Waals surface area contributed by atoms with E-state index in [2.05, 4.69) is 26.1 Å². The van der Waals surface area contributed by atoms with E-state index in [9.17, 15) is 0 Å². The fourth-order valence-corrected chi connectivity index (χ4v) is 3.88. The third-order valence-electron chi connectivity index (χ3n) is 5.67. The minimum absolute atomic E-state index is 0.221. The summed E-state index contributed by atoms with van der Waals surface area (Å²) in [5.74, 6) is 1.70. The van der Waals surface area contributed by atoms with Crippen molar-refractivity contribution >= 4 is 0 Å². The molecule has 2 rings (SSSR count). The molecule has 0 spiro atoms. The third-order valence-corrected chi connectivity index (χ3v) is 5.67. The summed E-state index contributed by atoms with van der Waals surface area (Å²) < 4.78 is 0. The molecule has 3 N–H and O–H groups in total. The molecule has 2 aliphatic carbocycles. The van der Waals surface area contributed by atoms with Gasteiger partial charge in [0.2, 0.25) is 0 Å². The smallest absolute Gasteiger partial charge is 0.0330 e. The summed E-state index contributed by atoms with van der Waals surface area (Å²) in [6.45, 7) is 9.17. The Morgan fingerprint density at radius 2 is 1.94 bits per heavy atom. The van der Waals surface area contributed by atoms with E-state index in [-0.39, 0.29) is 5.54 Å². The quantitative estimate of drug-likeness (QED) is 0.788. The fraction of sp³-hybridized carbons (Fsp3) is 1.00. The molecule has 2 nitrogen and oxygen atoms in total. The van der Waals surface area contributed by atoms with Crippen molar-refractivity contribution in [2.24, 2.45) is 23.0 Å². The van der Waals surface area contributed by atoms with Crippen molar-refractivity contribution in [2.75, 3.05) is 13.1 Å². The van der Waals surface area contributed by atoms with Crippen molar-refractivity contribution < 1.29 is 0 Å². The van der Waals surface area contributed by atoms with E-state index in [1.807, 2.05) is 0 Å². The summed E-state index contributed by atoms with van der Waals surface area (Å²) in [7, 11) is 0. The van der Waals surface area contributed by atoms with Crippen LogP contribution in [0.4, 0.5) is 0 Å². The van der Waals surface area contributed by atoms with Crippen molar-refractivity contribution in [1.29, 1.82) is 0 Å². The van der Waals surface area contributed by atoms with Gasteiger partial charge in [0.1, 0.15) is 0 Å². The van der Waals surface area contributed by atoms with Crippen LogP contribution < -0.4 is 11.1 Å². The lowest BCUT2D eigenvalue weighted by Crippen LogP contribution is -2.59. The SMILES string of the molecule is CC1CC(C)(C)CCC1(CN)NCCC1CCC1. The Balaban J connectivity index is 1.84. The first-order valence-corrected chi connectivity index (χ1v) is 7.93. The Kier molecular flexibility index (Phi) is 4.38. The van der Waals surface area contributed by atoms with Gasteiger partial charge in [0.05, 0.1) is 0 Å². The number of hydrogen-bond acceptors (Lipinski definition) is 2. The summed E-state index contributed by atoms with van der Waals surface area (Å²) in [6, 6.07) is 0. The maximum atomic E-state index is 6.12. The van der Waals surface area contributed by atoms with Crippen LogP contribution >= 0.6 is 0 Å². The maximum Gasteiger partial charge on any atom is 0.0330 e. The molecule has 2 heteroatoms. The van der Waals surface area contributed by atoms with E-state index in [4.69, 9.17) is 5.73 Å². The molecule has 2 saturated carbocycles. The van der Waals surface area contributed by atoms with Crippen LogP contribution in [-0.4, -0.2) is 18.6 Å². The molecule has 0 amide bonds. The zero-order chi connectivity index (χ0) is 13.2. The van der Waals surface area contributed by atoms with Gasteiger partial charge < -0.3 is 11.1 Å². The van der Waals surface area contributed by atoms with Crippen LogP contribution in [0.5, 0.6) is 0 Å². The summed E-state index contributed by atoms with van der Waals surface area (Å²) in [4.78, 5) is 0. The molecular weight excluding hydrogens is 220 g/mol. The number of nitrogens with two attached hydrogens (primary N) is 1. The second kappa shape index (κ2) is 5.50. The predicted octanol–water partition coefficient (Wildman–Crippen LogP) is 3.31. The first-order chi connectivity index (χ1) is 8.47. The Morgan fingerprint density at radius 3 is 2.44 bits per heavy atom. The van der Waals surface area contributed by atoms with Crippen LogP contribution in [-0.2, 0) is 0 Å². The minimum atomic E-state index is 0.221. The van der Waals surface area contributed by atoms with Crippen LogP contribution in [0.2, 0.25) is 0 Å². The second-order valence-corrected chi connectivity index (χ2v) is 7.64. The molecule has 2 fully saturated rings. The van der Waals surface area contributed by atoms with Gasteiger partial charge in [0.15, 0.2) is 0 Å². The van der Waals surface area contributed by atoms with Crippen molar-refractivity contribution in [3.63, 3.8) is 0 Å². The monoisotopic (exact) mass is 252 g/mol. The van der Waals surface area contributed by atoms with E-state index in [1.54, 1.807) is 0 Å². The van der Waals surface area contributed by atoms with Crippen LogP contribution in [0, 0.1) is 17.3 Å². The highest BCUT2D eigenvalue weighted by atomic mass is 15.0. The van der Waals surface area contributed by atoms with Gasteiger partial charge in [-0.05, 0) is 49.5 Å². The van der Waals surface area contributed by atoms with E-state index in [1.165, 1.54) is 51.5 Å². The fourth-order valence-electron chi connectivity index (χ4n) is 3.88. The molecule has 2 unspecified atom stereocenters. The lowest BCUT2D eigenvalue weighted by Gasteiger charge is -2.49. The van der Waals surface area contributed by atoms with Gasteiger partial charge in [-0.2, -0.15) is 0 Å². The molecule has 0 aromatic rings. The summed E-state index contributed by atoms with van der Waals surface area (Å²) in [5, 5.41) is 3.85. The van der Waals surface area contributed by atoms with E-state index < -0.39 is 0 Å². The number of nitrogens with one attached hydrogen (secondary N) is 1. The Bertz CT molecular complexity index is 270. The zero-order valence-electron chi connectivity index (χ0n) is 12.6. The average Bonchev–Trinajstić information content (AvgIpc) is 2.24. The van der Waals surface area contributed by atoms with Crippen molar-refractivity contribution in [2.45, 2.75) is 71.3 Å². The summed E-state index contributed by atoms with van der Waals surface area (Å²) >= 11 is 0. The lowest BCUT2D eigenvalue weighted by molar-refractivity contribution is 0.0767. The van der Waals surface area contributed by atoms with Gasteiger partial charge in [-0.25, -0.2) is 0 Å². The standard InChI is InChI=1S/C16H32N2/c1-13-11-15(2,3)8-9-16(13,12-17)18-10-7-14-5-4-6-14/h13-14,18H,4-12,17H2,1-3H3. The van der Waals surface area contributed by atoms with Crippen molar-refractivity contribution in [3.05, 3.63) is 0 Å². The molecule has 0 heterocycles. The van der Waals surface area contributed by atoms with Crippen LogP contribution in [0.25, 0.3) is 0 Å². The Morgan fingerprint density at radius 1 is 1.22 bits per heavy atom. The zero-order valence-corrected chi connectivity index (χ0v) is 12.6. The molecule has 0 aromatic heterocycles. The molecule has 2 aliphatic rings. The van der Waals surface area contributed by atoms with Gasteiger partial charge in [0.25, 0.3) is 0 Å². The van der Waals surface area contributed by atoms with E-state index in [0.717, 1.165) is 12.5 Å². The molecule has 0 radical (unpaired) electrons. The average molecular weight is 252 g/mol. The van der Waals surface area contributed by atoms with Crippen LogP contribution in [0.1, 0.15) is 65.7 Å². The van der Waals surface area contributed by atoms with Crippen LogP contribution in [0.15, 0.2) is 0 Å². The number of rotatable bonds is 5. The van der Waals surface area contributed by atoms with Gasteiger partial charge in [0, 0.05) is 12.1 Å². The molecule has 0 aliphatic heterocycles. The molecule has 106 valence electrons. The highest BCUT2D eigenvalue weighted by Gasteiger charge is 2.42. The molecular formula is C16H32N2. The molecule has 0 aromatic carbocycles. The van der Waals surface area contributed by atoms with E-state index >= 15 is 0 Å². The number of hydrogen-bond donors (Lipinski definition) is 2. The second-order valence-electron chi connectivity index (χ2n) is 7.64. The van der Waals surface area contributed by atoms with Gasteiger partial charge in [-0.3, -0.25) is 0 Å². The highest BCUT2D eigenvalue weighted by molar-refractivity contribution is 5.00. The minimum Gasteiger partial charge on any atom is -0.329 e. The van der Waals surface area contributed by atoms with Gasteiger partial charge in [-0.15, -0.1) is 0 Å².